The van der Waals surface area contributed by atoms with Crippen molar-refractivity contribution in [2.75, 3.05) is 19.8 Å². The molecule has 1 fully saturated rings. The lowest BCUT2D eigenvalue weighted by molar-refractivity contribution is -0.142. The molecule has 142 valence electrons. The van der Waals surface area contributed by atoms with Crippen LogP contribution in [-0.4, -0.2) is 43.9 Å². The molecule has 1 aliphatic rings. The summed E-state index contributed by atoms with van der Waals surface area (Å²) in [6.45, 7) is 4.41. The van der Waals surface area contributed by atoms with Gasteiger partial charge in [-0.15, -0.1) is 0 Å². The highest BCUT2D eigenvalue weighted by molar-refractivity contribution is 5.91. The lowest BCUT2D eigenvalue weighted by Crippen LogP contribution is -2.28. The summed E-state index contributed by atoms with van der Waals surface area (Å²) in [5.41, 5.74) is 0. The average molecular weight is 355 g/mol. The molecule has 0 heterocycles. The molecule has 0 saturated heterocycles. The smallest absolute Gasteiger partial charge is 0.407 e. The van der Waals surface area contributed by atoms with Crippen LogP contribution < -0.4 is 5.32 Å². The van der Waals surface area contributed by atoms with Gasteiger partial charge < -0.3 is 19.5 Å². The minimum atomic E-state index is -0.624. The van der Waals surface area contributed by atoms with E-state index >= 15 is 0 Å². The first-order chi connectivity index (χ1) is 12.0. The van der Waals surface area contributed by atoms with E-state index in [-0.39, 0.29) is 12.7 Å². The van der Waals surface area contributed by atoms with Gasteiger partial charge in [0.05, 0.1) is 19.3 Å². The summed E-state index contributed by atoms with van der Waals surface area (Å²) < 4.78 is 14.9. The van der Waals surface area contributed by atoms with Crippen LogP contribution in [0.2, 0.25) is 0 Å². The summed E-state index contributed by atoms with van der Waals surface area (Å²) in [5, 5.41) is 2.62. The SMILES string of the molecule is CC(C)OC(=O)/C=C/C(=O)OCCCNC(=O)OCC1CCCCC1. The second-order valence-electron chi connectivity index (χ2n) is 6.37. The second kappa shape index (κ2) is 12.3. The predicted molar refractivity (Wildman–Crippen MR) is 91.9 cm³/mol. The fourth-order valence-electron chi connectivity index (χ4n) is 2.49. The molecule has 7 nitrogen and oxygen atoms in total. The molecule has 0 unspecified atom stereocenters. The molecular weight excluding hydrogens is 326 g/mol. The highest BCUT2D eigenvalue weighted by atomic mass is 16.6. The molecule has 0 spiro atoms. The van der Waals surface area contributed by atoms with Gasteiger partial charge in [-0.05, 0) is 39.0 Å². The Hall–Kier alpha value is -2.05. The van der Waals surface area contributed by atoms with Crippen molar-refractivity contribution < 1.29 is 28.6 Å². The molecule has 25 heavy (non-hydrogen) atoms. The first-order valence-electron chi connectivity index (χ1n) is 8.93. The zero-order valence-corrected chi connectivity index (χ0v) is 15.1. The summed E-state index contributed by atoms with van der Waals surface area (Å²) in [7, 11) is 0. The van der Waals surface area contributed by atoms with Crippen LogP contribution in [0.5, 0.6) is 0 Å². The van der Waals surface area contributed by atoms with Gasteiger partial charge >= 0.3 is 18.0 Å². The van der Waals surface area contributed by atoms with E-state index in [0.717, 1.165) is 25.0 Å². The van der Waals surface area contributed by atoms with E-state index in [0.29, 0.717) is 25.5 Å². The molecule has 1 aliphatic carbocycles. The van der Waals surface area contributed by atoms with Crippen LogP contribution in [-0.2, 0) is 23.8 Å². The number of ether oxygens (including phenoxy) is 3. The maximum Gasteiger partial charge on any atom is 0.407 e. The van der Waals surface area contributed by atoms with Crippen molar-refractivity contribution in [2.24, 2.45) is 5.92 Å². The fourth-order valence-corrected chi connectivity index (χ4v) is 2.49. The molecule has 1 rings (SSSR count). The van der Waals surface area contributed by atoms with Gasteiger partial charge in [-0.2, -0.15) is 0 Å². The molecule has 0 aromatic carbocycles. The molecular formula is C18H29NO6. The number of nitrogens with one attached hydrogen (secondary N) is 1. The average Bonchev–Trinajstić information content (AvgIpc) is 2.58. The van der Waals surface area contributed by atoms with Crippen LogP contribution in [0.3, 0.4) is 0 Å². The summed E-state index contributed by atoms with van der Waals surface area (Å²) in [6.07, 6.45) is 7.80. The molecule has 0 aliphatic heterocycles. The van der Waals surface area contributed by atoms with Crippen molar-refractivity contribution >= 4 is 18.0 Å². The Morgan fingerprint density at radius 3 is 2.40 bits per heavy atom. The van der Waals surface area contributed by atoms with Gasteiger partial charge in [-0.25, -0.2) is 14.4 Å². The highest BCUT2D eigenvalue weighted by Crippen LogP contribution is 2.23. The van der Waals surface area contributed by atoms with Gasteiger partial charge in [0.25, 0.3) is 0 Å². The molecule has 7 heteroatoms. The number of carbonyl (C=O) groups excluding carboxylic acids is 3. The van der Waals surface area contributed by atoms with E-state index in [1.54, 1.807) is 13.8 Å². The quantitative estimate of drug-likeness (QED) is 0.296. The van der Waals surface area contributed by atoms with Crippen molar-refractivity contribution in [1.29, 1.82) is 0 Å². The van der Waals surface area contributed by atoms with Crippen molar-refractivity contribution in [2.45, 2.75) is 58.5 Å². The molecule has 1 N–H and O–H groups in total. The van der Waals surface area contributed by atoms with E-state index in [4.69, 9.17) is 14.2 Å². The molecule has 1 saturated carbocycles. The lowest BCUT2D eigenvalue weighted by atomic mass is 9.90. The van der Waals surface area contributed by atoms with Gasteiger partial charge in [-0.3, -0.25) is 0 Å². The number of amides is 1. The van der Waals surface area contributed by atoms with Crippen LogP contribution >= 0.6 is 0 Å². The molecule has 0 aromatic heterocycles. The third kappa shape index (κ3) is 11.2. The number of hydrogen-bond donors (Lipinski definition) is 1. The Labute approximate surface area is 149 Å². The largest absolute Gasteiger partial charge is 0.462 e. The standard InChI is InChI=1S/C18H29NO6/c1-14(2)25-17(21)10-9-16(20)23-12-6-11-19-18(22)24-13-15-7-4-3-5-8-15/h9-10,14-15H,3-8,11-13H2,1-2H3,(H,19,22)/b10-9+. The molecule has 0 atom stereocenters. The van der Waals surface area contributed by atoms with E-state index in [1.165, 1.54) is 19.3 Å². The van der Waals surface area contributed by atoms with Crippen LogP contribution in [0.1, 0.15) is 52.4 Å². The third-order valence-corrected chi connectivity index (χ3v) is 3.72. The van der Waals surface area contributed by atoms with E-state index in [9.17, 15) is 14.4 Å². The normalized spacial score (nSPS) is 15.2. The van der Waals surface area contributed by atoms with Gasteiger partial charge in [0.15, 0.2) is 0 Å². The minimum absolute atomic E-state index is 0.144. The summed E-state index contributed by atoms with van der Waals surface area (Å²) in [4.78, 5) is 34.1. The van der Waals surface area contributed by atoms with Crippen LogP contribution in [0.25, 0.3) is 0 Å². The van der Waals surface area contributed by atoms with E-state index in [2.05, 4.69) is 5.32 Å². The molecule has 0 aromatic rings. The summed E-state index contributed by atoms with van der Waals surface area (Å²) >= 11 is 0. The van der Waals surface area contributed by atoms with E-state index in [1.807, 2.05) is 0 Å². The van der Waals surface area contributed by atoms with Crippen molar-refractivity contribution in [3.8, 4) is 0 Å². The Kier molecular flexibility index (Phi) is 10.4. The number of rotatable bonds is 9. The number of hydrogen-bond acceptors (Lipinski definition) is 6. The Balaban J connectivity index is 2.01. The van der Waals surface area contributed by atoms with Gasteiger partial charge in [0, 0.05) is 18.7 Å². The molecule has 0 radical (unpaired) electrons. The Morgan fingerprint density at radius 2 is 1.72 bits per heavy atom. The zero-order chi connectivity index (χ0) is 18.5. The maximum absolute atomic E-state index is 11.5. The maximum atomic E-state index is 11.5. The highest BCUT2D eigenvalue weighted by Gasteiger charge is 2.15. The number of alkyl carbamates (subject to hydrolysis) is 1. The summed E-state index contributed by atoms with van der Waals surface area (Å²) in [6, 6.07) is 0. The first-order valence-corrected chi connectivity index (χ1v) is 8.93. The van der Waals surface area contributed by atoms with Crippen LogP contribution in [0.4, 0.5) is 4.79 Å². The number of esters is 2. The summed E-state index contributed by atoms with van der Waals surface area (Å²) in [5.74, 6) is -0.732. The van der Waals surface area contributed by atoms with Crippen molar-refractivity contribution in [3.05, 3.63) is 12.2 Å². The number of carbonyl (C=O) groups is 3. The fraction of sp³-hybridized carbons (Fsp3) is 0.722. The third-order valence-electron chi connectivity index (χ3n) is 3.72. The monoisotopic (exact) mass is 355 g/mol. The predicted octanol–water partition coefficient (Wildman–Crippen LogP) is 2.73. The van der Waals surface area contributed by atoms with Crippen LogP contribution in [0.15, 0.2) is 12.2 Å². The zero-order valence-electron chi connectivity index (χ0n) is 15.1. The minimum Gasteiger partial charge on any atom is -0.462 e. The second-order valence-corrected chi connectivity index (χ2v) is 6.37. The van der Waals surface area contributed by atoms with Crippen molar-refractivity contribution in [1.82, 2.24) is 5.32 Å². The van der Waals surface area contributed by atoms with Crippen molar-refractivity contribution in [3.63, 3.8) is 0 Å². The topological polar surface area (TPSA) is 90.9 Å². The Bertz CT molecular complexity index is 454. The lowest BCUT2D eigenvalue weighted by Gasteiger charge is -2.21. The first kappa shape index (κ1) is 21.0. The van der Waals surface area contributed by atoms with E-state index < -0.39 is 18.0 Å². The van der Waals surface area contributed by atoms with Gasteiger partial charge in [0.2, 0.25) is 0 Å². The molecule has 1 amide bonds. The van der Waals surface area contributed by atoms with Gasteiger partial charge in [0.1, 0.15) is 0 Å². The Morgan fingerprint density at radius 1 is 1.04 bits per heavy atom. The van der Waals surface area contributed by atoms with Crippen LogP contribution in [0, 0.1) is 5.92 Å². The van der Waals surface area contributed by atoms with Gasteiger partial charge in [-0.1, -0.05) is 19.3 Å². The molecule has 0 bridgehead atoms.